The van der Waals surface area contributed by atoms with Crippen LogP contribution < -0.4 is 10.3 Å². The van der Waals surface area contributed by atoms with Gasteiger partial charge in [0.25, 0.3) is 5.56 Å². The molecule has 24 heavy (non-hydrogen) atoms. The Morgan fingerprint density at radius 2 is 1.92 bits per heavy atom. The molecule has 1 aromatic heterocycles. The quantitative estimate of drug-likeness (QED) is 0.789. The average Bonchev–Trinajstić information content (AvgIpc) is 2.57. The summed E-state index contributed by atoms with van der Waals surface area (Å²) < 4.78 is 6.37. The van der Waals surface area contributed by atoms with Gasteiger partial charge in [0.2, 0.25) is 0 Å². The predicted molar refractivity (Wildman–Crippen MR) is 93.1 cm³/mol. The molecule has 6 heteroatoms. The molecule has 0 aliphatic heterocycles. The Labute approximate surface area is 142 Å². The van der Waals surface area contributed by atoms with Crippen LogP contribution in [0.3, 0.4) is 0 Å². The molecule has 0 aliphatic rings. The number of aromatic nitrogens is 1. The maximum absolute atomic E-state index is 12.5. The molecule has 122 valence electrons. The smallest absolute Gasteiger partial charge is 0.353 e. The van der Waals surface area contributed by atoms with Crippen molar-refractivity contribution in [1.29, 1.82) is 0 Å². The molecule has 2 aromatic carbocycles. The molecule has 0 fully saturated rings. The second kappa shape index (κ2) is 6.02. The Hall–Kier alpha value is -2.79. The Kier molecular flexibility index (Phi) is 4.03. The van der Waals surface area contributed by atoms with Gasteiger partial charge in [0.1, 0.15) is 11.4 Å². The number of carboxylic acid groups (broad SMARTS) is 1. The lowest BCUT2D eigenvalue weighted by Gasteiger charge is -2.15. The molecule has 0 aliphatic carbocycles. The molecule has 5 nitrogen and oxygen atoms in total. The molecule has 0 radical (unpaired) electrons. The highest BCUT2D eigenvalue weighted by Crippen LogP contribution is 2.33. The molecule has 3 rings (SSSR count). The predicted octanol–water partition coefficient (Wildman–Crippen LogP) is 3.57. The molecule has 0 atom stereocenters. The minimum absolute atomic E-state index is 0.0944. The van der Waals surface area contributed by atoms with Gasteiger partial charge in [-0.25, -0.2) is 4.79 Å². The third-order valence-corrected chi connectivity index (χ3v) is 4.15. The monoisotopic (exact) mass is 343 g/mol. The highest BCUT2D eigenvalue weighted by molar-refractivity contribution is 6.31. The summed E-state index contributed by atoms with van der Waals surface area (Å²) in [5.41, 5.74) is 0.587. The zero-order valence-electron chi connectivity index (χ0n) is 13.0. The molecule has 0 saturated heterocycles. The van der Waals surface area contributed by atoms with E-state index in [1.165, 1.54) is 14.2 Å². The number of halogens is 1. The first-order valence-corrected chi connectivity index (χ1v) is 7.52. The first-order valence-electron chi connectivity index (χ1n) is 7.14. The van der Waals surface area contributed by atoms with Crippen LogP contribution in [0.1, 0.15) is 10.5 Å². The molecular weight excluding hydrogens is 330 g/mol. The maximum atomic E-state index is 12.5. The number of carbonyl (C=O) groups is 1. The van der Waals surface area contributed by atoms with Gasteiger partial charge >= 0.3 is 5.97 Å². The van der Waals surface area contributed by atoms with E-state index in [4.69, 9.17) is 16.3 Å². The molecule has 0 saturated carbocycles. The molecule has 3 aromatic rings. The van der Waals surface area contributed by atoms with Crippen molar-refractivity contribution in [2.45, 2.75) is 0 Å². The fraction of sp³-hybridized carbons (Fsp3) is 0.111. The van der Waals surface area contributed by atoms with Gasteiger partial charge in [-0.1, -0.05) is 23.7 Å². The Morgan fingerprint density at radius 3 is 2.58 bits per heavy atom. The van der Waals surface area contributed by atoms with Crippen LogP contribution in [0.5, 0.6) is 5.75 Å². The van der Waals surface area contributed by atoms with Crippen LogP contribution in [0.15, 0.2) is 47.3 Å². The van der Waals surface area contributed by atoms with Crippen molar-refractivity contribution in [3.05, 3.63) is 63.5 Å². The summed E-state index contributed by atoms with van der Waals surface area (Å²) in [6.45, 7) is 0. The first kappa shape index (κ1) is 16.1. The van der Waals surface area contributed by atoms with Crippen molar-refractivity contribution < 1.29 is 14.6 Å². The lowest BCUT2D eigenvalue weighted by molar-refractivity contribution is 0.0686. The minimum Gasteiger partial charge on any atom is -0.497 e. The number of rotatable bonds is 3. The number of pyridine rings is 1. The number of nitrogens with zero attached hydrogens (tertiary/aromatic N) is 1. The third kappa shape index (κ3) is 2.53. The van der Waals surface area contributed by atoms with Crippen molar-refractivity contribution in [2.75, 3.05) is 7.11 Å². The molecule has 1 heterocycles. The first-order chi connectivity index (χ1) is 11.4. The van der Waals surface area contributed by atoms with Crippen LogP contribution in [0.2, 0.25) is 5.02 Å². The van der Waals surface area contributed by atoms with Crippen molar-refractivity contribution >= 4 is 28.3 Å². The van der Waals surface area contributed by atoms with Gasteiger partial charge in [-0.3, -0.25) is 4.79 Å². The van der Waals surface area contributed by atoms with E-state index in [0.29, 0.717) is 32.7 Å². The van der Waals surface area contributed by atoms with E-state index >= 15 is 0 Å². The van der Waals surface area contributed by atoms with Crippen molar-refractivity contribution in [1.82, 2.24) is 4.57 Å². The maximum Gasteiger partial charge on any atom is 0.353 e. The summed E-state index contributed by atoms with van der Waals surface area (Å²) in [5, 5.41) is 11.0. The largest absolute Gasteiger partial charge is 0.497 e. The van der Waals surface area contributed by atoms with E-state index in [-0.39, 0.29) is 11.3 Å². The van der Waals surface area contributed by atoms with Gasteiger partial charge in [-0.15, -0.1) is 0 Å². The lowest BCUT2D eigenvalue weighted by Crippen LogP contribution is -2.24. The van der Waals surface area contributed by atoms with Gasteiger partial charge in [-0.05, 0) is 41.3 Å². The van der Waals surface area contributed by atoms with E-state index in [0.717, 1.165) is 4.57 Å². The van der Waals surface area contributed by atoms with E-state index in [1.807, 2.05) is 0 Å². The van der Waals surface area contributed by atoms with Crippen LogP contribution in [-0.4, -0.2) is 22.8 Å². The van der Waals surface area contributed by atoms with Gasteiger partial charge in [-0.2, -0.15) is 0 Å². The second-order valence-electron chi connectivity index (χ2n) is 5.31. The number of hydrogen-bond donors (Lipinski definition) is 1. The highest BCUT2D eigenvalue weighted by atomic mass is 35.5. The van der Waals surface area contributed by atoms with Crippen LogP contribution in [0, 0.1) is 0 Å². The highest BCUT2D eigenvalue weighted by Gasteiger charge is 2.21. The van der Waals surface area contributed by atoms with Crippen LogP contribution >= 0.6 is 11.6 Å². The van der Waals surface area contributed by atoms with Gasteiger partial charge < -0.3 is 14.4 Å². The SMILES string of the molecule is COc1cccc(-c2c(C(=O)O)n(C)c(=O)c3ccc(Cl)cc23)c1. The number of hydrogen-bond acceptors (Lipinski definition) is 3. The molecule has 1 N–H and O–H groups in total. The van der Waals surface area contributed by atoms with Gasteiger partial charge in [0.15, 0.2) is 0 Å². The summed E-state index contributed by atoms with van der Waals surface area (Å²) in [6, 6.07) is 11.9. The zero-order chi connectivity index (χ0) is 17.4. The zero-order valence-corrected chi connectivity index (χ0v) is 13.8. The summed E-state index contributed by atoms with van der Waals surface area (Å²) in [4.78, 5) is 24.3. The minimum atomic E-state index is -1.19. The summed E-state index contributed by atoms with van der Waals surface area (Å²) in [7, 11) is 2.98. The van der Waals surface area contributed by atoms with Gasteiger partial charge in [0.05, 0.1) is 7.11 Å². The standard InChI is InChI=1S/C18H14ClNO4/c1-20-16(18(22)23)15(10-4-3-5-12(8-10)24-2)14-9-11(19)6-7-13(14)17(20)21/h3-9H,1-2H3,(H,22,23). The summed E-state index contributed by atoms with van der Waals surface area (Å²) in [5.74, 6) is -0.595. The van der Waals surface area contributed by atoms with E-state index < -0.39 is 5.97 Å². The number of benzene rings is 2. The number of methoxy groups -OCH3 is 1. The number of carboxylic acids is 1. The average molecular weight is 344 g/mol. The van der Waals surface area contributed by atoms with Crippen LogP contribution in [0.4, 0.5) is 0 Å². The Bertz CT molecular complexity index is 1020. The number of fused-ring (bicyclic) bond motifs is 1. The normalized spacial score (nSPS) is 10.8. The molecular formula is C18H14ClNO4. The molecule has 0 unspecified atom stereocenters. The fourth-order valence-corrected chi connectivity index (χ4v) is 2.98. The molecule has 0 amide bonds. The third-order valence-electron chi connectivity index (χ3n) is 3.92. The number of ether oxygens (including phenoxy) is 1. The van der Waals surface area contributed by atoms with Crippen LogP contribution in [0.25, 0.3) is 21.9 Å². The van der Waals surface area contributed by atoms with E-state index in [1.54, 1.807) is 42.5 Å². The second-order valence-corrected chi connectivity index (χ2v) is 5.75. The van der Waals surface area contributed by atoms with Crippen molar-refractivity contribution in [3.63, 3.8) is 0 Å². The fourth-order valence-electron chi connectivity index (χ4n) is 2.81. The van der Waals surface area contributed by atoms with Crippen molar-refractivity contribution in [3.8, 4) is 16.9 Å². The lowest BCUT2D eigenvalue weighted by atomic mass is 9.96. The van der Waals surface area contributed by atoms with E-state index in [2.05, 4.69) is 0 Å². The Balaban J connectivity index is 2.54. The molecule has 0 spiro atoms. The van der Waals surface area contributed by atoms with Crippen LogP contribution in [-0.2, 0) is 7.05 Å². The topological polar surface area (TPSA) is 68.5 Å². The number of aromatic carboxylic acids is 1. The van der Waals surface area contributed by atoms with E-state index in [9.17, 15) is 14.7 Å². The Morgan fingerprint density at radius 1 is 1.17 bits per heavy atom. The molecule has 0 bridgehead atoms. The summed E-state index contributed by atoms with van der Waals surface area (Å²) in [6.07, 6.45) is 0. The van der Waals surface area contributed by atoms with Crippen molar-refractivity contribution in [2.24, 2.45) is 7.05 Å². The van der Waals surface area contributed by atoms with Gasteiger partial charge in [0, 0.05) is 23.0 Å². The summed E-state index contributed by atoms with van der Waals surface area (Å²) >= 11 is 6.08.